The van der Waals surface area contributed by atoms with Gasteiger partial charge in [-0.25, -0.2) is 0 Å². The second-order valence-electron chi connectivity index (χ2n) is 4.60. The van der Waals surface area contributed by atoms with Crippen LogP contribution in [0.5, 0.6) is 17.2 Å². The van der Waals surface area contributed by atoms with Crippen LogP contribution in [0.4, 0.5) is 0 Å². The van der Waals surface area contributed by atoms with Gasteiger partial charge in [-0.15, -0.1) is 0 Å². The summed E-state index contributed by atoms with van der Waals surface area (Å²) in [4.78, 5) is 23.0. The number of rotatable bonds is 9. The normalized spacial score (nSPS) is 10.1. The van der Waals surface area contributed by atoms with E-state index in [0.717, 1.165) is 5.56 Å². The van der Waals surface area contributed by atoms with Crippen LogP contribution in [0.3, 0.4) is 0 Å². The average Bonchev–Trinajstić information content (AvgIpc) is 2.51. The number of benzene rings is 1. The van der Waals surface area contributed by atoms with Crippen LogP contribution in [0.25, 0.3) is 0 Å². The molecule has 21 heavy (non-hydrogen) atoms. The lowest BCUT2D eigenvalue weighted by Gasteiger charge is -2.15. The van der Waals surface area contributed by atoms with Gasteiger partial charge in [0.2, 0.25) is 5.75 Å². The standard InChI is InChI=1S/C16H22O5/c1-5-12(17)10-13(18)8-6-11-7-9-14(19-2)16(21-4)15(11)20-3/h7,9H,5-6,8,10H2,1-4H3. The van der Waals surface area contributed by atoms with Gasteiger partial charge < -0.3 is 14.2 Å². The first kappa shape index (κ1) is 17.0. The molecule has 0 unspecified atom stereocenters. The van der Waals surface area contributed by atoms with Crippen molar-refractivity contribution < 1.29 is 23.8 Å². The van der Waals surface area contributed by atoms with Crippen molar-refractivity contribution in [3.8, 4) is 17.2 Å². The fraction of sp³-hybridized carbons (Fsp3) is 0.500. The number of Topliss-reactive ketones (excluding diaryl/α,β-unsaturated/α-hetero) is 2. The fourth-order valence-electron chi connectivity index (χ4n) is 2.07. The maximum Gasteiger partial charge on any atom is 0.203 e. The Morgan fingerprint density at radius 2 is 1.62 bits per heavy atom. The molecule has 0 radical (unpaired) electrons. The minimum atomic E-state index is -0.0568. The quantitative estimate of drug-likeness (QED) is 0.655. The second kappa shape index (κ2) is 8.29. The summed E-state index contributed by atoms with van der Waals surface area (Å²) in [7, 11) is 4.63. The third kappa shape index (κ3) is 4.48. The molecule has 0 aliphatic rings. The van der Waals surface area contributed by atoms with Crippen molar-refractivity contribution in [1.82, 2.24) is 0 Å². The van der Waals surface area contributed by atoms with Crippen LogP contribution in [-0.2, 0) is 16.0 Å². The summed E-state index contributed by atoms with van der Waals surface area (Å²) < 4.78 is 15.9. The number of methoxy groups -OCH3 is 3. The molecule has 0 aliphatic carbocycles. The van der Waals surface area contributed by atoms with Gasteiger partial charge in [0, 0.05) is 12.8 Å². The zero-order valence-electron chi connectivity index (χ0n) is 13.0. The molecule has 0 heterocycles. The number of aryl methyl sites for hydroxylation is 1. The fourth-order valence-corrected chi connectivity index (χ4v) is 2.07. The van der Waals surface area contributed by atoms with Gasteiger partial charge in [0.25, 0.3) is 0 Å². The lowest BCUT2D eigenvalue weighted by Crippen LogP contribution is -2.08. The third-order valence-corrected chi connectivity index (χ3v) is 3.25. The Bertz CT molecular complexity index is 508. The van der Waals surface area contributed by atoms with Gasteiger partial charge in [-0.05, 0) is 18.1 Å². The van der Waals surface area contributed by atoms with E-state index in [4.69, 9.17) is 14.2 Å². The Balaban J connectivity index is 2.84. The topological polar surface area (TPSA) is 61.8 Å². The van der Waals surface area contributed by atoms with E-state index < -0.39 is 0 Å². The van der Waals surface area contributed by atoms with Gasteiger partial charge in [0.05, 0.1) is 27.8 Å². The molecular formula is C16H22O5. The molecule has 0 saturated carbocycles. The largest absolute Gasteiger partial charge is 0.493 e. The van der Waals surface area contributed by atoms with E-state index in [9.17, 15) is 9.59 Å². The molecule has 0 saturated heterocycles. The molecule has 1 aromatic carbocycles. The van der Waals surface area contributed by atoms with E-state index >= 15 is 0 Å². The van der Waals surface area contributed by atoms with Gasteiger partial charge in [-0.1, -0.05) is 13.0 Å². The first-order valence-electron chi connectivity index (χ1n) is 6.88. The van der Waals surface area contributed by atoms with E-state index in [0.29, 0.717) is 36.5 Å². The Labute approximate surface area is 125 Å². The summed E-state index contributed by atoms with van der Waals surface area (Å²) in [5.74, 6) is 1.56. The van der Waals surface area contributed by atoms with Gasteiger partial charge in [-0.2, -0.15) is 0 Å². The lowest BCUT2D eigenvalue weighted by atomic mass is 10.0. The first-order chi connectivity index (χ1) is 10.1. The van der Waals surface area contributed by atoms with Gasteiger partial charge >= 0.3 is 0 Å². The lowest BCUT2D eigenvalue weighted by molar-refractivity contribution is -0.126. The van der Waals surface area contributed by atoms with Crippen LogP contribution in [0.2, 0.25) is 0 Å². The predicted octanol–water partition coefficient (Wildman–Crippen LogP) is 2.58. The minimum Gasteiger partial charge on any atom is -0.493 e. The molecule has 1 aromatic rings. The van der Waals surface area contributed by atoms with Crippen molar-refractivity contribution in [3.63, 3.8) is 0 Å². The van der Waals surface area contributed by atoms with Crippen LogP contribution >= 0.6 is 0 Å². The molecular weight excluding hydrogens is 272 g/mol. The monoisotopic (exact) mass is 294 g/mol. The Kier molecular flexibility index (Phi) is 6.72. The highest BCUT2D eigenvalue weighted by molar-refractivity contribution is 5.98. The van der Waals surface area contributed by atoms with E-state index in [2.05, 4.69) is 0 Å². The summed E-state index contributed by atoms with van der Waals surface area (Å²) >= 11 is 0. The zero-order chi connectivity index (χ0) is 15.8. The number of ether oxygens (including phenoxy) is 3. The van der Waals surface area contributed by atoms with Crippen LogP contribution in [-0.4, -0.2) is 32.9 Å². The van der Waals surface area contributed by atoms with Crippen LogP contribution in [0.1, 0.15) is 31.7 Å². The molecule has 0 spiro atoms. The van der Waals surface area contributed by atoms with E-state index in [1.54, 1.807) is 27.2 Å². The SMILES string of the molecule is CCC(=O)CC(=O)CCc1ccc(OC)c(OC)c1OC. The maximum atomic E-state index is 11.7. The smallest absolute Gasteiger partial charge is 0.203 e. The van der Waals surface area contributed by atoms with Crippen molar-refractivity contribution in [2.45, 2.75) is 32.6 Å². The Morgan fingerprint density at radius 1 is 0.952 bits per heavy atom. The highest BCUT2D eigenvalue weighted by atomic mass is 16.5. The molecule has 0 amide bonds. The molecule has 1 rings (SSSR count). The van der Waals surface area contributed by atoms with E-state index in [1.807, 2.05) is 6.07 Å². The van der Waals surface area contributed by atoms with Gasteiger partial charge in [0.15, 0.2) is 11.5 Å². The highest BCUT2D eigenvalue weighted by Gasteiger charge is 2.17. The molecule has 116 valence electrons. The van der Waals surface area contributed by atoms with Gasteiger partial charge in [0.1, 0.15) is 11.6 Å². The Morgan fingerprint density at radius 3 is 2.14 bits per heavy atom. The minimum absolute atomic E-state index is 0.00606. The van der Waals surface area contributed by atoms with Gasteiger partial charge in [-0.3, -0.25) is 9.59 Å². The van der Waals surface area contributed by atoms with Crippen molar-refractivity contribution in [2.24, 2.45) is 0 Å². The second-order valence-corrected chi connectivity index (χ2v) is 4.60. The number of hydrogen-bond donors (Lipinski definition) is 0. The van der Waals surface area contributed by atoms with Crippen LogP contribution < -0.4 is 14.2 Å². The molecule has 5 heteroatoms. The molecule has 0 N–H and O–H groups in total. The zero-order valence-corrected chi connectivity index (χ0v) is 13.0. The number of hydrogen-bond acceptors (Lipinski definition) is 5. The third-order valence-electron chi connectivity index (χ3n) is 3.25. The van der Waals surface area contributed by atoms with E-state index in [1.165, 1.54) is 7.11 Å². The predicted molar refractivity (Wildman–Crippen MR) is 79.3 cm³/mol. The van der Waals surface area contributed by atoms with Crippen molar-refractivity contribution in [2.75, 3.05) is 21.3 Å². The summed E-state index contributed by atoms with van der Waals surface area (Å²) in [6.07, 6.45) is 1.20. The number of carbonyl (C=O) groups is 2. The molecule has 5 nitrogen and oxygen atoms in total. The van der Waals surface area contributed by atoms with Crippen LogP contribution in [0, 0.1) is 0 Å². The summed E-state index contributed by atoms with van der Waals surface area (Å²) in [5, 5.41) is 0. The van der Waals surface area contributed by atoms with Crippen molar-refractivity contribution in [3.05, 3.63) is 17.7 Å². The molecule has 0 aromatic heterocycles. The highest BCUT2D eigenvalue weighted by Crippen LogP contribution is 2.40. The van der Waals surface area contributed by atoms with E-state index in [-0.39, 0.29) is 18.0 Å². The first-order valence-corrected chi connectivity index (χ1v) is 6.88. The van der Waals surface area contributed by atoms with Crippen molar-refractivity contribution >= 4 is 11.6 Å². The average molecular weight is 294 g/mol. The van der Waals surface area contributed by atoms with Crippen molar-refractivity contribution in [1.29, 1.82) is 0 Å². The molecule has 0 fully saturated rings. The number of ketones is 2. The molecule has 0 aliphatic heterocycles. The molecule has 0 bridgehead atoms. The number of carbonyl (C=O) groups excluding carboxylic acids is 2. The van der Waals surface area contributed by atoms with Crippen LogP contribution in [0.15, 0.2) is 12.1 Å². The Hall–Kier alpha value is -2.04. The summed E-state index contributed by atoms with van der Waals surface area (Å²) in [6.45, 7) is 1.76. The summed E-state index contributed by atoms with van der Waals surface area (Å²) in [5.41, 5.74) is 0.854. The summed E-state index contributed by atoms with van der Waals surface area (Å²) in [6, 6.07) is 3.62. The molecule has 0 atom stereocenters. The maximum absolute atomic E-state index is 11.7.